The maximum absolute atomic E-state index is 11.3. The van der Waals surface area contributed by atoms with Gasteiger partial charge in [0, 0.05) is 0 Å². The number of unbranched alkanes of at least 4 members (excludes halogenated alkanes) is 3. The molecule has 0 fully saturated rings. The third-order valence-corrected chi connectivity index (χ3v) is 22.0. The Morgan fingerprint density at radius 3 is 1.48 bits per heavy atom. The van der Waals surface area contributed by atoms with Gasteiger partial charge >= 0.3 is 200 Å². The van der Waals surface area contributed by atoms with Gasteiger partial charge in [0.25, 0.3) is 0 Å². The summed E-state index contributed by atoms with van der Waals surface area (Å²) < 4.78 is 5.56. The summed E-state index contributed by atoms with van der Waals surface area (Å²) in [5.74, 6) is 0.900. The van der Waals surface area contributed by atoms with Crippen molar-refractivity contribution < 1.29 is 10.2 Å². The summed E-state index contributed by atoms with van der Waals surface area (Å²) >= 11 is -2.74. The number of aliphatic hydroxyl groups is 2. The van der Waals surface area contributed by atoms with Gasteiger partial charge in [0.1, 0.15) is 0 Å². The van der Waals surface area contributed by atoms with Crippen LogP contribution >= 0.6 is 0 Å². The molecule has 0 saturated heterocycles. The monoisotopic (exact) mass is 544 g/mol. The topological polar surface area (TPSA) is 40.5 Å². The van der Waals surface area contributed by atoms with Crippen molar-refractivity contribution in [2.75, 3.05) is 0 Å². The van der Waals surface area contributed by atoms with Crippen LogP contribution in [0.15, 0.2) is 21.8 Å². The van der Waals surface area contributed by atoms with E-state index in [-0.39, 0.29) is 0 Å². The van der Waals surface area contributed by atoms with Crippen molar-refractivity contribution in [3.63, 3.8) is 0 Å². The first-order valence-electron chi connectivity index (χ1n) is 13.2. The van der Waals surface area contributed by atoms with Crippen LogP contribution in [-0.2, 0) is 0 Å². The van der Waals surface area contributed by atoms with E-state index >= 15 is 0 Å². The van der Waals surface area contributed by atoms with Crippen molar-refractivity contribution in [1.82, 2.24) is 0 Å². The van der Waals surface area contributed by atoms with E-state index in [0.717, 1.165) is 12.8 Å². The van der Waals surface area contributed by atoms with Crippen LogP contribution in [0.4, 0.5) is 0 Å². The van der Waals surface area contributed by atoms with Crippen LogP contribution in [0.2, 0.25) is 13.3 Å². The molecule has 0 rings (SSSR count). The van der Waals surface area contributed by atoms with Gasteiger partial charge in [-0.1, -0.05) is 0 Å². The number of rotatable bonds is 17. The first-order valence-corrected chi connectivity index (χ1v) is 20.7. The zero-order valence-corrected chi connectivity index (χ0v) is 25.4. The van der Waals surface area contributed by atoms with E-state index in [4.69, 9.17) is 0 Å². The summed E-state index contributed by atoms with van der Waals surface area (Å²) in [5.41, 5.74) is -1.58. The molecule has 2 nitrogen and oxygen atoms in total. The Balaban J connectivity index is 6.47. The van der Waals surface area contributed by atoms with E-state index in [1.807, 2.05) is 13.8 Å². The average Bonchev–Trinajstić information content (AvgIpc) is 2.63. The second-order valence-electron chi connectivity index (χ2n) is 11.4. The molecule has 2 atom stereocenters. The Hall–Kier alpha value is 0.199. The Kier molecular flexibility index (Phi) is 15.3. The molecule has 0 aromatic heterocycles. The van der Waals surface area contributed by atoms with E-state index in [2.05, 4.69) is 66.7 Å². The molecule has 0 aliphatic rings. The fraction of sp³-hybridized carbons (Fsp3) is 0.857. The molecule has 0 aromatic carbocycles. The van der Waals surface area contributed by atoms with Crippen LogP contribution in [0.1, 0.15) is 114 Å². The third kappa shape index (κ3) is 13.5. The van der Waals surface area contributed by atoms with E-state index in [0.29, 0.717) is 11.8 Å². The summed E-state index contributed by atoms with van der Waals surface area (Å²) in [6.07, 6.45) is 15.7. The fourth-order valence-corrected chi connectivity index (χ4v) is 21.6. The quantitative estimate of drug-likeness (QED) is 0.143. The summed E-state index contributed by atoms with van der Waals surface area (Å²) in [4.78, 5) is 0. The van der Waals surface area contributed by atoms with E-state index < -0.39 is 29.6 Å². The molecule has 0 bridgehead atoms. The second kappa shape index (κ2) is 15.2. The molecule has 0 amide bonds. The molecule has 2 N–H and O–H groups in total. The molecule has 0 aliphatic heterocycles. The first-order chi connectivity index (χ1) is 14.3. The predicted octanol–water partition coefficient (Wildman–Crippen LogP) is 8.45. The van der Waals surface area contributed by atoms with Crippen LogP contribution in [0.5, 0.6) is 0 Å². The van der Waals surface area contributed by atoms with Crippen LogP contribution in [0, 0.1) is 11.8 Å². The Morgan fingerprint density at radius 1 is 0.742 bits per heavy atom. The van der Waals surface area contributed by atoms with E-state index in [9.17, 15) is 10.2 Å². The van der Waals surface area contributed by atoms with Gasteiger partial charge in [-0.2, -0.15) is 0 Å². The zero-order valence-electron chi connectivity index (χ0n) is 22.6. The molecule has 0 saturated carbocycles. The number of allylic oxidation sites excluding steroid dienone is 2. The van der Waals surface area contributed by atoms with E-state index in [1.165, 1.54) is 55.4 Å². The molecule has 0 aromatic rings. The predicted molar refractivity (Wildman–Crippen MR) is 142 cm³/mol. The normalized spacial score (nSPS) is 17.5. The zero-order chi connectivity index (χ0) is 24.1. The molecule has 0 radical (unpaired) electrons. The number of hydrogen-bond donors (Lipinski definition) is 2. The second-order valence-corrected chi connectivity index (χ2v) is 24.7. The van der Waals surface area contributed by atoms with Crippen molar-refractivity contribution in [2.45, 2.75) is 138 Å². The number of hydrogen-bond acceptors (Lipinski definition) is 2. The summed E-state index contributed by atoms with van der Waals surface area (Å²) in [5, 5.41) is 22.3. The van der Waals surface area contributed by atoms with Gasteiger partial charge in [0.2, 0.25) is 0 Å². The Bertz CT molecular complexity index is 507. The van der Waals surface area contributed by atoms with Crippen molar-refractivity contribution in [2.24, 2.45) is 11.8 Å². The molecule has 0 heterocycles. The van der Waals surface area contributed by atoms with Crippen LogP contribution in [-0.4, -0.2) is 39.8 Å². The van der Waals surface area contributed by atoms with Crippen molar-refractivity contribution in [3.8, 4) is 0 Å². The minimum absolute atomic E-state index is 0.449. The third-order valence-electron chi connectivity index (χ3n) is 6.37. The standard InChI is InChI=1S/C16H29O2.3C4H9.Sn/c1-13(2)11-15(5,17)9-7-8-10-16(6,18)12-14(3)4;3*1-3-4-2;/h7,9-10,13-14,17-18H,11-12H2,1-6H3;3*1,3-4H2,2H3;/b9-7+,10-8?;;;;. The van der Waals surface area contributed by atoms with Gasteiger partial charge in [0.05, 0.1) is 0 Å². The molecule has 31 heavy (non-hydrogen) atoms. The molecule has 2 unspecified atom stereocenters. The summed E-state index contributed by atoms with van der Waals surface area (Å²) in [6.45, 7) is 19.5. The van der Waals surface area contributed by atoms with Crippen LogP contribution < -0.4 is 0 Å². The van der Waals surface area contributed by atoms with Gasteiger partial charge in [-0.15, -0.1) is 0 Å². The van der Waals surface area contributed by atoms with Gasteiger partial charge in [-0.05, 0) is 0 Å². The molecule has 184 valence electrons. The summed E-state index contributed by atoms with van der Waals surface area (Å²) in [7, 11) is 0. The van der Waals surface area contributed by atoms with Crippen molar-refractivity contribution in [3.05, 3.63) is 21.8 Å². The molecular formula is C28H56O2Sn. The Labute approximate surface area is 199 Å². The van der Waals surface area contributed by atoms with Gasteiger partial charge < -0.3 is 0 Å². The Morgan fingerprint density at radius 2 is 1.13 bits per heavy atom. The summed E-state index contributed by atoms with van der Waals surface area (Å²) in [6, 6.07) is 0. The molecule has 3 heteroatoms. The molecular weight excluding hydrogens is 487 g/mol. The van der Waals surface area contributed by atoms with Gasteiger partial charge in [-0.25, -0.2) is 0 Å². The molecule has 0 spiro atoms. The fourth-order valence-electron chi connectivity index (χ4n) is 5.12. The molecule has 0 aliphatic carbocycles. The van der Waals surface area contributed by atoms with Crippen LogP contribution in [0.3, 0.4) is 0 Å². The minimum atomic E-state index is -2.74. The van der Waals surface area contributed by atoms with Crippen LogP contribution in [0.25, 0.3) is 0 Å². The maximum atomic E-state index is 11.3. The van der Waals surface area contributed by atoms with Gasteiger partial charge in [-0.3, -0.25) is 0 Å². The van der Waals surface area contributed by atoms with Gasteiger partial charge in [0.15, 0.2) is 0 Å². The first kappa shape index (κ1) is 31.2. The SMILES string of the molecule is CCC[CH2][Sn]([CH2]CCC)([CH2]CCC)[C](/C=C/C(C)(O)CC(C)C)=C/C(C)(O)CC(C)C. The van der Waals surface area contributed by atoms with Crippen molar-refractivity contribution in [1.29, 1.82) is 0 Å². The van der Waals surface area contributed by atoms with Crippen molar-refractivity contribution >= 4 is 18.4 Å². The average molecular weight is 543 g/mol. The van der Waals surface area contributed by atoms with E-state index in [1.54, 1.807) is 0 Å².